The van der Waals surface area contributed by atoms with Crippen LogP contribution in [0.2, 0.25) is 0 Å². The van der Waals surface area contributed by atoms with Gasteiger partial charge in [-0.2, -0.15) is 0 Å². The molecule has 1 spiro atoms. The molecule has 0 radical (unpaired) electrons. The number of benzene rings is 2. The highest BCUT2D eigenvalue weighted by Crippen LogP contribution is 2.54. The zero-order chi connectivity index (χ0) is 31.6. The van der Waals surface area contributed by atoms with E-state index in [9.17, 15) is 19.5 Å². The Bertz CT molecular complexity index is 1440. The molecule has 6 rings (SSSR count). The van der Waals surface area contributed by atoms with E-state index in [-0.39, 0.29) is 24.3 Å². The Hall–Kier alpha value is -3.95. The van der Waals surface area contributed by atoms with Gasteiger partial charge in [0.05, 0.1) is 37.2 Å². The summed E-state index contributed by atoms with van der Waals surface area (Å²) in [6.45, 7) is 5.55. The Labute approximate surface area is 265 Å². The van der Waals surface area contributed by atoms with Gasteiger partial charge in [0, 0.05) is 25.3 Å². The summed E-state index contributed by atoms with van der Waals surface area (Å²) in [5.74, 6) is -1.80. The van der Waals surface area contributed by atoms with Crippen molar-refractivity contribution >= 4 is 23.4 Å². The lowest BCUT2D eigenvalue weighted by Gasteiger charge is -2.38. The third kappa shape index (κ3) is 5.57. The fourth-order valence-electron chi connectivity index (χ4n) is 7.53. The predicted octanol–water partition coefficient (Wildman–Crippen LogP) is 3.76. The molecule has 4 heterocycles. The van der Waals surface area contributed by atoms with Crippen molar-refractivity contribution in [2.24, 2.45) is 11.8 Å². The van der Waals surface area contributed by atoms with E-state index in [1.165, 1.54) is 0 Å². The van der Waals surface area contributed by atoms with Gasteiger partial charge in [0.15, 0.2) is 0 Å². The molecule has 6 atom stereocenters. The number of nitrogens with zero attached hydrogens (tertiary/aromatic N) is 3. The summed E-state index contributed by atoms with van der Waals surface area (Å²) in [5.41, 5.74) is 0.302. The second-order valence-corrected chi connectivity index (χ2v) is 12.3. The van der Waals surface area contributed by atoms with Gasteiger partial charge in [-0.1, -0.05) is 74.4 Å². The van der Waals surface area contributed by atoms with Crippen molar-refractivity contribution in [3.8, 4) is 5.75 Å². The number of carbonyl (C=O) groups is 3. The van der Waals surface area contributed by atoms with Gasteiger partial charge < -0.3 is 29.3 Å². The number of likely N-dealkylation sites (tertiary alicyclic amines) is 1. The summed E-state index contributed by atoms with van der Waals surface area (Å²) in [5, 5.41) is 10.7. The van der Waals surface area contributed by atoms with E-state index in [0.29, 0.717) is 44.1 Å². The van der Waals surface area contributed by atoms with Crippen LogP contribution < -0.4 is 9.64 Å². The topological polar surface area (TPSA) is 99.6 Å². The average Bonchev–Trinajstić information content (AvgIpc) is 3.38. The summed E-state index contributed by atoms with van der Waals surface area (Å²) >= 11 is 0. The minimum atomic E-state index is -1.34. The number of rotatable bonds is 11. The molecule has 0 aromatic heterocycles. The van der Waals surface area contributed by atoms with E-state index in [1.54, 1.807) is 14.7 Å². The zero-order valence-corrected chi connectivity index (χ0v) is 26.1. The lowest BCUT2D eigenvalue weighted by molar-refractivity contribution is -0.150. The molecule has 0 bridgehead atoms. The van der Waals surface area contributed by atoms with Crippen LogP contribution in [0, 0.1) is 11.8 Å². The van der Waals surface area contributed by atoms with Crippen LogP contribution in [0.25, 0.3) is 0 Å². The Morgan fingerprint density at radius 3 is 2.44 bits per heavy atom. The molecule has 9 nitrogen and oxygen atoms in total. The summed E-state index contributed by atoms with van der Waals surface area (Å²) in [6, 6.07) is 15.3. The van der Waals surface area contributed by atoms with Crippen LogP contribution in [0.1, 0.15) is 38.7 Å². The van der Waals surface area contributed by atoms with Crippen molar-refractivity contribution in [3.05, 3.63) is 84.5 Å². The number of hydrogen-bond donors (Lipinski definition) is 1. The first-order valence-electron chi connectivity index (χ1n) is 16.3. The van der Waals surface area contributed by atoms with Crippen molar-refractivity contribution < 1.29 is 29.0 Å². The first-order chi connectivity index (χ1) is 21.9. The fraction of sp³-hybridized carbons (Fsp3) is 0.472. The Morgan fingerprint density at radius 2 is 1.73 bits per heavy atom. The average molecular weight is 614 g/mol. The number of aliphatic hydroxyl groups excluding tert-OH is 1. The third-order valence-electron chi connectivity index (χ3n) is 9.59. The van der Waals surface area contributed by atoms with Gasteiger partial charge in [-0.15, -0.1) is 0 Å². The van der Waals surface area contributed by atoms with Crippen LogP contribution in [-0.2, 0) is 25.5 Å². The Kier molecular flexibility index (Phi) is 9.10. The quantitative estimate of drug-likeness (QED) is 0.306. The van der Waals surface area contributed by atoms with E-state index in [0.717, 1.165) is 24.8 Å². The normalized spacial score (nSPS) is 28.1. The summed E-state index contributed by atoms with van der Waals surface area (Å²) in [7, 11) is 0. The molecule has 1 N–H and O–H groups in total. The molecule has 2 aromatic carbocycles. The molecule has 4 aliphatic heterocycles. The third-order valence-corrected chi connectivity index (χ3v) is 9.59. The lowest BCUT2D eigenvalue weighted by Crippen LogP contribution is -2.58. The van der Waals surface area contributed by atoms with Crippen molar-refractivity contribution in [2.45, 2.75) is 63.3 Å². The monoisotopic (exact) mass is 613 g/mol. The van der Waals surface area contributed by atoms with E-state index in [2.05, 4.69) is 6.92 Å². The SMILES string of the molecule is CCCCCN1CC=C[C@]23O[C@H]4C=CCN(c5ccc(OCC)cc5)C(=O)[C@H]4[C@H]2C(=O)N([C@@H](CO)Cc2ccccc2)C3C1=O. The van der Waals surface area contributed by atoms with Crippen LogP contribution in [0.3, 0.4) is 0 Å². The first kappa shape index (κ1) is 31.0. The lowest BCUT2D eigenvalue weighted by atomic mass is 9.77. The number of anilines is 1. The number of ether oxygens (including phenoxy) is 2. The number of fused-ring (bicyclic) bond motifs is 2. The molecule has 9 heteroatoms. The van der Waals surface area contributed by atoms with E-state index in [1.807, 2.05) is 85.8 Å². The van der Waals surface area contributed by atoms with Gasteiger partial charge >= 0.3 is 0 Å². The molecule has 2 fully saturated rings. The number of unbranched alkanes of at least 4 members (excludes halogenated alkanes) is 2. The van der Waals surface area contributed by atoms with Crippen molar-refractivity contribution in [1.29, 1.82) is 0 Å². The van der Waals surface area contributed by atoms with Crippen LogP contribution in [0.5, 0.6) is 5.75 Å². The van der Waals surface area contributed by atoms with Crippen molar-refractivity contribution in [1.82, 2.24) is 9.80 Å². The van der Waals surface area contributed by atoms with Crippen LogP contribution in [0.15, 0.2) is 78.9 Å². The van der Waals surface area contributed by atoms with Crippen LogP contribution in [0.4, 0.5) is 5.69 Å². The van der Waals surface area contributed by atoms with Crippen LogP contribution >= 0.6 is 0 Å². The van der Waals surface area contributed by atoms with Gasteiger partial charge in [-0.25, -0.2) is 0 Å². The highest BCUT2D eigenvalue weighted by molar-refractivity contribution is 6.04. The maximum Gasteiger partial charge on any atom is 0.249 e. The fourth-order valence-corrected chi connectivity index (χ4v) is 7.53. The van der Waals surface area contributed by atoms with E-state index >= 15 is 0 Å². The molecule has 2 aromatic rings. The Morgan fingerprint density at radius 1 is 0.956 bits per heavy atom. The highest BCUT2D eigenvalue weighted by Gasteiger charge is 2.72. The zero-order valence-electron chi connectivity index (χ0n) is 26.1. The molecule has 45 heavy (non-hydrogen) atoms. The molecule has 0 aliphatic carbocycles. The number of amides is 3. The summed E-state index contributed by atoms with van der Waals surface area (Å²) in [6.07, 6.45) is 10.1. The van der Waals surface area contributed by atoms with Gasteiger partial charge in [0.1, 0.15) is 17.4 Å². The number of hydrogen-bond acceptors (Lipinski definition) is 6. The molecule has 0 saturated carbocycles. The van der Waals surface area contributed by atoms with Gasteiger partial charge in [0.2, 0.25) is 17.7 Å². The maximum atomic E-state index is 14.8. The van der Waals surface area contributed by atoms with E-state index in [4.69, 9.17) is 9.47 Å². The molecule has 1 unspecified atom stereocenters. The van der Waals surface area contributed by atoms with Gasteiger partial charge in [0.25, 0.3) is 0 Å². The second-order valence-electron chi connectivity index (χ2n) is 12.3. The number of carbonyl (C=O) groups excluding carboxylic acids is 3. The standard InChI is InChI=1S/C36H43N3O6/c1-3-5-9-20-37-21-11-19-36-31(34(42)39(32(36)35(37)43)27(24-40)23-25-12-7-6-8-13-25)30-29(45-36)14-10-22-38(33(30)41)26-15-17-28(18-16-26)44-4-2/h6-8,10-19,27,29-32,40H,3-5,9,20-24H2,1-2H3/t27-,29+,30-,31+,32?,36+/m1/s1. The summed E-state index contributed by atoms with van der Waals surface area (Å²) in [4.78, 5) is 48.8. The molecule has 2 saturated heterocycles. The van der Waals surface area contributed by atoms with Gasteiger partial charge in [-0.05, 0) is 49.6 Å². The minimum Gasteiger partial charge on any atom is -0.494 e. The first-order valence-corrected chi connectivity index (χ1v) is 16.3. The minimum absolute atomic E-state index is 0.199. The smallest absolute Gasteiger partial charge is 0.249 e. The van der Waals surface area contributed by atoms with Gasteiger partial charge in [-0.3, -0.25) is 14.4 Å². The number of aliphatic hydroxyl groups is 1. The second kappa shape index (κ2) is 13.2. The molecular weight excluding hydrogens is 570 g/mol. The molecular formula is C36H43N3O6. The summed E-state index contributed by atoms with van der Waals surface area (Å²) < 4.78 is 12.4. The van der Waals surface area contributed by atoms with E-state index < -0.39 is 35.6 Å². The largest absolute Gasteiger partial charge is 0.494 e. The molecule has 4 aliphatic rings. The molecule has 238 valence electrons. The predicted molar refractivity (Wildman–Crippen MR) is 171 cm³/mol. The highest BCUT2D eigenvalue weighted by atomic mass is 16.5. The van der Waals surface area contributed by atoms with Crippen molar-refractivity contribution in [3.63, 3.8) is 0 Å². The van der Waals surface area contributed by atoms with Crippen molar-refractivity contribution in [2.75, 3.05) is 37.7 Å². The van der Waals surface area contributed by atoms with Crippen LogP contribution in [-0.4, -0.2) is 89.3 Å². The Balaban J connectivity index is 1.40. The maximum absolute atomic E-state index is 14.8. The molecule has 3 amide bonds.